The predicted molar refractivity (Wildman–Crippen MR) is 175 cm³/mol. The lowest BCUT2D eigenvalue weighted by Gasteiger charge is -2.15. The summed E-state index contributed by atoms with van der Waals surface area (Å²) in [6, 6.07) is 12.5. The van der Waals surface area contributed by atoms with Crippen molar-refractivity contribution in [1.82, 2.24) is 5.32 Å². The number of amides is 2. The summed E-state index contributed by atoms with van der Waals surface area (Å²) in [5.74, 6) is -0.847. The van der Waals surface area contributed by atoms with Crippen molar-refractivity contribution in [1.29, 1.82) is 0 Å². The van der Waals surface area contributed by atoms with Crippen molar-refractivity contribution in [3.63, 3.8) is 0 Å². The standard InChI is InChI=1S/C34H49N3O6S/c1-3-4-5-6-7-8-9-10-11-12-13-14-15-16-20-23-32(38)35-33-27(2)34(39)37(36-33)28-24-25-30(31(26-28)44(40,41)42)43-29-21-18-17-19-22-29/h17-19,21-22,24-27H,3-16,20,23H2,1-2H3,(H,35,36,38)(H,40,41,42). The first-order valence-corrected chi connectivity index (χ1v) is 17.7. The minimum absolute atomic E-state index is 0.0943. The fourth-order valence-corrected chi connectivity index (χ4v) is 5.89. The van der Waals surface area contributed by atoms with Gasteiger partial charge in [-0.25, -0.2) is 0 Å². The minimum Gasteiger partial charge on any atom is -0.456 e. The Labute approximate surface area is 263 Å². The second kappa shape index (κ2) is 18.5. The number of para-hydroxylation sites is 1. The average molecular weight is 628 g/mol. The highest BCUT2D eigenvalue weighted by molar-refractivity contribution is 7.86. The number of nitrogens with one attached hydrogen (secondary N) is 1. The summed E-state index contributed by atoms with van der Waals surface area (Å²) in [5.41, 5.74) is 0.126. The molecule has 2 aromatic carbocycles. The fourth-order valence-electron chi connectivity index (χ4n) is 5.25. The van der Waals surface area contributed by atoms with Crippen molar-refractivity contribution in [3.05, 3.63) is 48.5 Å². The summed E-state index contributed by atoms with van der Waals surface area (Å²) >= 11 is 0. The number of unbranched alkanes of at least 4 members (excludes halogenated alkanes) is 14. The molecule has 2 aromatic rings. The minimum atomic E-state index is -4.68. The van der Waals surface area contributed by atoms with Crippen LogP contribution >= 0.6 is 0 Å². The zero-order chi connectivity index (χ0) is 31.8. The molecule has 1 atom stereocenters. The SMILES string of the molecule is CCCCCCCCCCCCCCCCCC(=O)NC1=NN(c2ccc(Oc3ccccc3)c(S(=O)(=O)O)c2)C(=O)C1C. The van der Waals surface area contributed by atoms with E-state index in [2.05, 4.69) is 17.3 Å². The van der Waals surface area contributed by atoms with Crippen LogP contribution in [0.3, 0.4) is 0 Å². The van der Waals surface area contributed by atoms with E-state index in [1.54, 1.807) is 37.3 Å². The molecular formula is C34H49N3O6S. The summed E-state index contributed by atoms with van der Waals surface area (Å²) in [7, 11) is -4.68. The first-order chi connectivity index (χ1) is 21.2. The number of ether oxygens (including phenoxy) is 1. The molecule has 0 spiro atoms. The molecule has 0 aliphatic carbocycles. The van der Waals surface area contributed by atoms with Gasteiger partial charge in [0.25, 0.3) is 16.0 Å². The number of hydrazone groups is 1. The zero-order valence-electron chi connectivity index (χ0n) is 26.3. The number of nitrogens with zero attached hydrogens (tertiary/aromatic N) is 2. The Morgan fingerprint density at radius 1 is 0.864 bits per heavy atom. The van der Waals surface area contributed by atoms with E-state index in [4.69, 9.17) is 4.74 Å². The number of benzene rings is 2. The van der Waals surface area contributed by atoms with Gasteiger partial charge in [-0.15, -0.1) is 0 Å². The highest BCUT2D eigenvalue weighted by Crippen LogP contribution is 2.34. The molecule has 2 amide bonds. The third-order valence-electron chi connectivity index (χ3n) is 7.89. The maximum atomic E-state index is 13.0. The van der Waals surface area contributed by atoms with Crippen LogP contribution in [0.15, 0.2) is 58.5 Å². The van der Waals surface area contributed by atoms with E-state index in [1.165, 1.54) is 89.2 Å². The highest BCUT2D eigenvalue weighted by Gasteiger charge is 2.35. The van der Waals surface area contributed by atoms with Crippen LogP contribution in [-0.2, 0) is 19.7 Å². The molecular weight excluding hydrogens is 578 g/mol. The molecule has 1 unspecified atom stereocenters. The Morgan fingerprint density at radius 2 is 1.41 bits per heavy atom. The molecule has 2 N–H and O–H groups in total. The van der Waals surface area contributed by atoms with Gasteiger partial charge in [-0.05, 0) is 43.7 Å². The van der Waals surface area contributed by atoms with Crippen LogP contribution in [0.2, 0.25) is 0 Å². The maximum Gasteiger partial charge on any atom is 0.298 e. The predicted octanol–water partition coefficient (Wildman–Crippen LogP) is 8.40. The average Bonchev–Trinajstić information content (AvgIpc) is 3.27. The third kappa shape index (κ3) is 11.7. The Hall–Kier alpha value is -3.24. The van der Waals surface area contributed by atoms with E-state index in [1.807, 2.05) is 0 Å². The van der Waals surface area contributed by atoms with Crippen LogP contribution < -0.4 is 15.1 Å². The van der Waals surface area contributed by atoms with E-state index >= 15 is 0 Å². The smallest absolute Gasteiger partial charge is 0.298 e. The van der Waals surface area contributed by atoms with Gasteiger partial charge in [-0.1, -0.05) is 115 Å². The van der Waals surface area contributed by atoms with Crippen LogP contribution in [0.4, 0.5) is 5.69 Å². The number of hydrogen-bond donors (Lipinski definition) is 2. The second-order valence-corrected chi connectivity index (χ2v) is 13.0. The third-order valence-corrected chi connectivity index (χ3v) is 8.77. The van der Waals surface area contributed by atoms with Crippen molar-refractivity contribution in [2.24, 2.45) is 11.0 Å². The number of carbonyl (C=O) groups excluding carboxylic acids is 2. The Bertz CT molecular complexity index is 1330. The molecule has 1 aliphatic rings. The number of carbonyl (C=O) groups is 2. The normalized spacial score (nSPS) is 15.0. The number of rotatable bonds is 20. The molecule has 0 bridgehead atoms. The molecule has 242 valence electrons. The van der Waals surface area contributed by atoms with Gasteiger partial charge in [0.05, 0.1) is 11.6 Å². The van der Waals surface area contributed by atoms with Crippen LogP contribution in [0.5, 0.6) is 11.5 Å². The monoisotopic (exact) mass is 627 g/mol. The summed E-state index contributed by atoms with van der Waals surface area (Å²) in [6.45, 7) is 3.88. The molecule has 9 nitrogen and oxygen atoms in total. The van der Waals surface area contributed by atoms with E-state index in [0.717, 1.165) is 30.3 Å². The van der Waals surface area contributed by atoms with Crippen LogP contribution in [0, 0.1) is 5.92 Å². The molecule has 0 radical (unpaired) electrons. The van der Waals surface area contributed by atoms with Crippen molar-refractivity contribution < 1.29 is 27.3 Å². The van der Waals surface area contributed by atoms with Gasteiger partial charge in [0.2, 0.25) is 5.91 Å². The maximum absolute atomic E-state index is 13.0. The van der Waals surface area contributed by atoms with Crippen molar-refractivity contribution in [3.8, 4) is 11.5 Å². The molecule has 0 saturated carbocycles. The lowest BCUT2D eigenvalue weighted by atomic mass is 10.0. The molecule has 0 fully saturated rings. The van der Waals surface area contributed by atoms with Gasteiger partial charge in [0.15, 0.2) is 0 Å². The summed E-state index contributed by atoms with van der Waals surface area (Å²) < 4.78 is 39.7. The fraction of sp³-hybridized carbons (Fsp3) is 0.559. The Kier molecular flexibility index (Phi) is 14.9. The second-order valence-electron chi connectivity index (χ2n) is 11.6. The van der Waals surface area contributed by atoms with Gasteiger partial charge in [0.1, 0.15) is 22.2 Å². The molecule has 0 saturated heterocycles. The lowest BCUT2D eigenvalue weighted by molar-refractivity contribution is -0.119. The Morgan fingerprint density at radius 3 is 1.95 bits per heavy atom. The molecule has 1 heterocycles. The van der Waals surface area contributed by atoms with Crippen molar-refractivity contribution >= 4 is 33.5 Å². The largest absolute Gasteiger partial charge is 0.456 e. The van der Waals surface area contributed by atoms with E-state index in [9.17, 15) is 22.6 Å². The molecule has 0 aromatic heterocycles. The van der Waals surface area contributed by atoms with Crippen LogP contribution in [-0.4, -0.2) is 30.6 Å². The van der Waals surface area contributed by atoms with E-state index in [0.29, 0.717) is 12.2 Å². The van der Waals surface area contributed by atoms with Crippen LogP contribution in [0.1, 0.15) is 117 Å². The van der Waals surface area contributed by atoms with Crippen LogP contribution in [0.25, 0.3) is 0 Å². The van der Waals surface area contributed by atoms with Gasteiger partial charge >= 0.3 is 0 Å². The molecule has 3 rings (SSSR count). The Balaban J connectivity index is 1.40. The van der Waals surface area contributed by atoms with Gasteiger partial charge < -0.3 is 10.1 Å². The van der Waals surface area contributed by atoms with E-state index < -0.39 is 26.8 Å². The topological polar surface area (TPSA) is 125 Å². The zero-order valence-corrected chi connectivity index (χ0v) is 27.1. The number of hydrogen-bond acceptors (Lipinski definition) is 6. The molecule has 44 heavy (non-hydrogen) atoms. The first-order valence-electron chi connectivity index (χ1n) is 16.3. The van der Waals surface area contributed by atoms with Crippen molar-refractivity contribution in [2.75, 3.05) is 5.01 Å². The molecule has 10 heteroatoms. The van der Waals surface area contributed by atoms with E-state index in [-0.39, 0.29) is 23.2 Å². The van der Waals surface area contributed by atoms with Gasteiger partial charge in [-0.3, -0.25) is 14.1 Å². The lowest BCUT2D eigenvalue weighted by Crippen LogP contribution is -2.35. The van der Waals surface area contributed by atoms with Crippen molar-refractivity contribution in [2.45, 2.75) is 121 Å². The molecule has 1 aliphatic heterocycles. The first kappa shape index (κ1) is 35.2. The van der Waals surface area contributed by atoms with Gasteiger partial charge in [-0.2, -0.15) is 18.5 Å². The number of anilines is 1. The summed E-state index contributed by atoms with van der Waals surface area (Å²) in [5, 5.41) is 8.06. The summed E-state index contributed by atoms with van der Waals surface area (Å²) in [6.07, 6.45) is 19.1. The summed E-state index contributed by atoms with van der Waals surface area (Å²) in [4.78, 5) is 25.0. The van der Waals surface area contributed by atoms with Gasteiger partial charge in [0, 0.05) is 6.42 Å². The highest BCUT2D eigenvalue weighted by atomic mass is 32.2. The quantitative estimate of drug-likeness (QED) is 0.112. The number of amidine groups is 1.